The summed E-state index contributed by atoms with van der Waals surface area (Å²) in [7, 11) is 0. The molecule has 2 aliphatic heterocycles. The van der Waals surface area contributed by atoms with E-state index in [1.807, 2.05) is 0 Å². The van der Waals surface area contributed by atoms with Gasteiger partial charge in [-0.3, -0.25) is 4.90 Å². The molecule has 16 atom stereocenters. The second-order valence-electron chi connectivity index (χ2n) is 22.4. The minimum absolute atomic E-state index is 0.619. The molecule has 0 aromatic carbocycles. The maximum atomic E-state index is 7.70. The molecule has 11 aliphatic rings. The lowest BCUT2D eigenvalue weighted by Crippen LogP contribution is -2.60. The van der Waals surface area contributed by atoms with Gasteiger partial charge in [0.1, 0.15) is 0 Å². The van der Waals surface area contributed by atoms with Crippen molar-refractivity contribution in [3.8, 4) is 0 Å². The minimum atomic E-state index is 0.619. The van der Waals surface area contributed by atoms with Crippen LogP contribution in [0.3, 0.4) is 0 Å². The molecule has 0 spiro atoms. The first kappa shape index (κ1) is 36.4. The summed E-state index contributed by atoms with van der Waals surface area (Å²) in [5.74, 6) is 11.9. The molecule has 53 heavy (non-hydrogen) atoms. The van der Waals surface area contributed by atoms with Crippen molar-refractivity contribution in [3.63, 3.8) is 0 Å². The molecule has 0 amide bonds. The number of rotatable bonds is 5. The van der Waals surface area contributed by atoms with Crippen LogP contribution in [0.15, 0.2) is 0 Å². The zero-order valence-electron chi connectivity index (χ0n) is 34.2. The van der Waals surface area contributed by atoms with Gasteiger partial charge in [0.2, 0.25) is 0 Å². The Bertz CT molecular complexity index is 1220. The highest BCUT2D eigenvalue weighted by atomic mass is 32.2. The smallest absolute Gasteiger partial charge is 0.0652 e. The first-order valence-electron chi connectivity index (χ1n) is 25.4. The molecule has 0 aromatic heterocycles. The summed E-state index contributed by atoms with van der Waals surface area (Å²) in [6.07, 6.45) is 49.0. The van der Waals surface area contributed by atoms with E-state index in [2.05, 4.69) is 16.7 Å². The van der Waals surface area contributed by atoms with E-state index in [1.165, 1.54) is 109 Å². The van der Waals surface area contributed by atoms with Crippen molar-refractivity contribution in [3.05, 3.63) is 0 Å². The van der Waals surface area contributed by atoms with Crippen LogP contribution in [0, 0.1) is 71.0 Å². The maximum Gasteiger partial charge on any atom is 0.0652 e. The van der Waals surface area contributed by atoms with Crippen molar-refractivity contribution in [2.75, 3.05) is 0 Å². The molecule has 11 fully saturated rings. The lowest BCUT2D eigenvalue weighted by Gasteiger charge is -2.58. The zero-order chi connectivity index (χ0) is 34.9. The van der Waals surface area contributed by atoms with Gasteiger partial charge in [0, 0.05) is 34.5 Å². The van der Waals surface area contributed by atoms with Crippen molar-refractivity contribution < 1.29 is 4.74 Å². The molecule has 2 nitrogen and oxygen atoms in total. The van der Waals surface area contributed by atoms with Gasteiger partial charge in [-0.1, -0.05) is 89.9 Å². The van der Waals surface area contributed by atoms with Gasteiger partial charge >= 0.3 is 0 Å². The van der Waals surface area contributed by atoms with E-state index >= 15 is 0 Å². The molecule has 0 radical (unpaired) electrons. The number of ether oxygens (including phenoxy) is 1. The van der Waals surface area contributed by atoms with E-state index in [0.29, 0.717) is 12.2 Å². The van der Waals surface area contributed by atoms with Gasteiger partial charge in [0.05, 0.1) is 12.2 Å². The highest BCUT2D eigenvalue weighted by molar-refractivity contribution is 8.00. The summed E-state index contributed by atoms with van der Waals surface area (Å²) in [5, 5.41) is 1.92. The lowest BCUT2D eigenvalue weighted by atomic mass is 9.55. The second-order valence-corrected chi connectivity index (χ2v) is 23.9. The summed E-state index contributed by atoms with van der Waals surface area (Å²) in [6, 6.07) is 2.70. The summed E-state index contributed by atoms with van der Waals surface area (Å²) < 4.78 is 7.70. The number of hydrogen-bond donors (Lipinski definition) is 0. The molecular weight excluding hydrogens is 663 g/mol. The van der Waals surface area contributed by atoms with E-state index in [0.717, 1.165) is 99.6 Å². The molecule has 16 unspecified atom stereocenters. The van der Waals surface area contributed by atoms with E-state index in [-0.39, 0.29) is 0 Å². The van der Waals surface area contributed by atoms with Gasteiger partial charge in [0.15, 0.2) is 0 Å². The average molecular weight is 744 g/mol. The highest BCUT2D eigenvalue weighted by Crippen LogP contribution is 2.62. The van der Waals surface area contributed by atoms with E-state index in [9.17, 15) is 0 Å². The molecular formula is C50H81NOS. The third kappa shape index (κ3) is 6.71. The normalized spacial score (nSPS) is 53.2. The van der Waals surface area contributed by atoms with Crippen LogP contribution in [0.2, 0.25) is 0 Å². The molecule has 0 bridgehead atoms. The average Bonchev–Trinajstić information content (AvgIpc) is 3.80. The van der Waals surface area contributed by atoms with E-state index in [1.54, 1.807) is 89.9 Å². The fourth-order valence-corrected chi connectivity index (χ4v) is 20.5. The van der Waals surface area contributed by atoms with Gasteiger partial charge in [-0.05, 0) is 174 Å². The fourth-order valence-electron chi connectivity index (χ4n) is 18.4. The summed E-state index contributed by atoms with van der Waals surface area (Å²) in [5.41, 5.74) is 0. The largest absolute Gasteiger partial charge is 0.374 e. The van der Waals surface area contributed by atoms with Crippen LogP contribution in [-0.4, -0.2) is 45.7 Å². The number of fused-ring (bicyclic) bond motifs is 10. The maximum absolute atomic E-state index is 7.70. The second kappa shape index (κ2) is 15.8. The molecule has 2 saturated heterocycles. The Kier molecular flexibility index (Phi) is 10.8. The van der Waals surface area contributed by atoms with Gasteiger partial charge in [-0.25, -0.2) is 0 Å². The van der Waals surface area contributed by atoms with Crippen molar-refractivity contribution in [1.82, 2.24) is 4.90 Å². The Morgan fingerprint density at radius 1 is 0.340 bits per heavy atom. The first-order chi connectivity index (χ1) is 26.3. The Hall–Kier alpha value is 0.270. The van der Waals surface area contributed by atoms with Crippen LogP contribution >= 0.6 is 11.8 Å². The summed E-state index contributed by atoms with van der Waals surface area (Å²) >= 11 is 2.46. The predicted molar refractivity (Wildman–Crippen MR) is 222 cm³/mol. The van der Waals surface area contributed by atoms with Crippen molar-refractivity contribution in [2.45, 2.75) is 240 Å². The quantitative estimate of drug-likeness (QED) is 0.278. The third-order valence-electron chi connectivity index (χ3n) is 20.4. The van der Waals surface area contributed by atoms with Gasteiger partial charge in [-0.2, -0.15) is 11.8 Å². The number of hydrogen-bond acceptors (Lipinski definition) is 3. The monoisotopic (exact) mass is 744 g/mol. The fraction of sp³-hybridized carbons (Fsp3) is 1.00. The van der Waals surface area contributed by atoms with Crippen LogP contribution in [0.25, 0.3) is 0 Å². The Balaban J connectivity index is 0.848. The molecule has 9 aliphatic carbocycles. The Morgan fingerprint density at radius 3 is 1.81 bits per heavy atom. The number of nitrogens with zero attached hydrogens (tertiary/aromatic N) is 1. The molecule has 11 rings (SSSR count). The predicted octanol–water partition coefficient (Wildman–Crippen LogP) is 13.3. The van der Waals surface area contributed by atoms with Gasteiger partial charge < -0.3 is 4.74 Å². The molecule has 0 aromatic rings. The Morgan fingerprint density at radius 2 is 0.943 bits per heavy atom. The SMILES string of the molecule is C1CCC(C2CCC(N(C3CCCC(C4CCCC5C6CCC7SC8CCCCC8C7C6OC45)C3)C3CC4CCCCC4C4CCCCC43)CC2)CC1. The van der Waals surface area contributed by atoms with Crippen molar-refractivity contribution >= 4 is 11.8 Å². The molecule has 2 heterocycles. The highest BCUT2D eigenvalue weighted by Gasteiger charge is 2.60. The van der Waals surface area contributed by atoms with E-state index in [4.69, 9.17) is 4.74 Å². The van der Waals surface area contributed by atoms with Crippen LogP contribution in [0.1, 0.15) is 199 Å². The summed E-state index contributed by atoms with van der Waals surface area (Å²) in [4.78, 5) is 3.48. The van der Waals surface area contributed by atoms with Crippen molar-refractivity contribution in [1.29, 1.82) is 0 Å². The Labute approximate surface area is 331 Å². The first-order valence-corrected chi connectivity index (χ1v) is 26.3. The molecule has 298 valence electrons. The number of thioether (sulfide) groups is 1. The minimum Gasteiger partial charge on any atom is -0.374 e. The topological polar surface area (TPSA) is 12.5 Å². The zero-order valence-corrected chi connectivity index (χ0v) is 35.0. The van der Waals surface area contributed by atoms with Crippen LogP contribution in [0.4, 0.5) is 0 Å². The molecule has 9 saturated carbocycles. The van der Waals surface area contributed by atoms with Crippen LogP contribution in [0.5, 0.6) is 0 Å². The lowest BCUT2D eigenvalue weighted by molar-refractivity contribution is -0.0988. The van der Waals surface area contributed by atoms with Crippen molar-refractivity contribution in [2.24, 2.45) is 71.0 Å². The molecule has 3 heteroatoms. The molecule has 0 N–H and O–H groups in total. The van der Waals surface area contributed by atoms with Gasteiger partial charge in [0.25, 0.3) is 0 Å². The third-order valence-corrected chi connectivity index (χ3v) is 22.2. The van der Waals surface area contributed by atoms with E-state index < -0.39 is 0 Å². The van der Waals surface area contributed by atoms with Crippen LogP contribution < -0.4 is 0 Å². The standard InChI is InChI=1S/C50H81NOS/c1-2-12-32(13-3-1)33-24-26-36(27-25-33)51(45-31-35-14-4-5-17-38(35)40-18-6-7-19-41(40)45)37-16-10-15-34(30-37)39-21-11-22-42-43-28-29-47-48(50(43)52-49(39)42)44-20-8-9-23-46(44)53-47/h32-50H,1-31H2. The van der Waals surface area contributed by atoms with Crippen LogP contribution in [-0.2, 0) is 4.74 Å². The summed E-state index contributed by atoms with van der Waals surface area (Å²) in [6.45, 7) is 0. The van der Waals surface area contributed by atoms with Gasteiger partial charge in [-0.15, -0.1) is 0 Å².